The van der Waals surface area contributed by atoms with Crippen LogP contribution in [-0.2, 0) is 10.0 Å². The van der Waals surface area contributed by atoms with Crippen molar-refractivity contribution in [2.45, 2.75) is 30.8 Å². The number of benzene rings is 2. The first-order valence-corrected chi connectivity index (χ1v) is 9.76. The monoisotopic (exact) mass is 365 g/mol. The molecule has 0 radical (unpaired) electrons. The Balaban J connectivity index is 1.64. The van der Waals surface area contributed by atoms with Crippen LogP contribution in [0.5, 0.6) is 5.75 Å². The molecule has 0 amide bonds. The van der Waals surface area contributed by atoms with E-state index in [9.17, 15) is 8.42 Å². The summed E-state index contributed by atoms with van der Waals surface area (Å²) in [5, 5.41) is 0.260. The van der Waals surface area contributed by atoms with Crippen LogP contribution in [0.3, 0.4) is 0 Å². The molecule has 0 unspecified atom stereocenters. The zero-order chi connectivity index (χ0) is 17.2. The highest BCUT2D eigenvalue weighted by molar-refractivity contribution is 7.89. The van der Waals surface area contributed by atoms with E-state index in [1.165, 1.54) is 9.87 Å². The van der Waals surface area contributed by atoms with Crippen molar-refractivity contribution in [3.05, 3.63) is 59.1 Å². The first-order chi connectivity index (χ1) is 11.5. The second kappa shape index (κ2) is 7.13. The van der Waals surface area contributed by atoms with Crippen molar-refractivity contribution in [2.24, 2.45) is 0 Å². The van der Waals surface area contributed by atoms with E-state index in [0.29, 0.717) is 25.9 Å². The molecule has 0 N–H and O–H groups in total. The molecular weight excluding hydrogens is 346 g/mol. The quantitative estimate of drug-likeness (QED) is 0.826. The minimum Gasteiger partial charge on any atom is -0.490 e. The predicted octanol–water partition coefficient (Wildman–Crippen LogP) is 3.88. The van der Waals surface area contributed by atoms with Gasteiger partial charge in [-0.2, -0.15) is 4.31 Å². The van der Waals surface area contributed by atoms with E-state index in [-0.39, 0.29) is 16.0 Å². The van der Waals surface area contributed by atoms with E-state index in [0.717, 1.165) is 5.75 Å². The molecule has 1 fully saturated rings. The molecule has 1 saturated heterocycles. The molecule has 4 nitrogen and oxygen atoms in total. The average molecular weight is 366 g/mol. The molecule has 0 aliphatic carbocycles. The summed E-state index contributed by atoms with van der Waals surface area (Å²) in [7, 11) is -3.55. The van der Waals surface area contributed by atoms with Gasteiger partial charge in [0.2, 0.25) is 10.0 Å². The molecule has 0 saturated carbocycles. The molecule has 1 aliphatic heterocycles. The summed E-state index contributed by atoms with van der Waals surface area (Å²) < 4.78 is 32.9. The third kappa shape index (κ3) is 3.74. The second-order valence-corrected chi connectivity index (χ2v) is 8.28. The summed E-state index contributed by atoms with van der Waals surface area (Å²) in [5.74, 6) is 0.827. The van der Waals surface area contributed by atoms with Crippen LogP contribution in [0.1, 0.15) is 18.4 Å². The zero-order valence-electron chi connectivity index (χ0n) is 13.5. The van der Waals surface area contributed by atoms with Gasteiger partial charge in [0.25, 0.3) is 0 Å². The maximum Gasteiger partial charge on any atom is 0.244 e. The third-order valence-electron chi connectivity index (χ3n) is 4.18. The minimum absolute atomic E-state index is 0.0328. The Hall–Kier alpha value is -1.56. The highest BCUT2D eigenvalue weighted by atomic mass is 35.5. The number of piperidine rings is 1. The van der Waals surface area contributed by atoms with Gasteiger partial charge in [-0.1, -0.05) is 41.4 Å². The maximum absolute atomic E-state index is 12.7. The molecule has 0 atom stereocenters. The molecule has 0 aromatic heterocycles. The molecule has 24 heavy (non-hydrogen) atoms. The number of aryl methyl sites for hydroxylation is 1. The highest BCUT2D eigenvalue weighted by Crippen LogP contribution is 2.27. The van der Waals surface area contributed by atoms with Crippen molar-refractivity contribution in [3.63, 3.8) is 0 Å². The zero-order valence-corrected chi connectivity index (χ0v) is 15.1. The summed E-state index contributed by atoms with van der Waals surface area (Å²) in [6.07, 6.45) is 1.36. The van der Waals surface area contributed by atoms with Gasteiger partial charge in [-0.3, -0.25) is 0 Å². The van der Waals surface area contributed by atoms with Crippen LogP contribution >= 0.6 is 11.6 Å². The van der Waals surface area contributed by atoms with Crippen LogP contribution in [0.4, 0.5) is 0 Å². The van der Waals surface area contributed by atoms with Crippen LogP contribution in [-0.4, -0.2) is 31.9 Å². The normalized spacial score (nSPS) is 16.9. The van der Waals surface area contributed by atoms with Crippen molar-refractivity contribution < 1.29 is 13.2 Å². The van der Waals surface area contributed by atoms with E-state index in [1.807, 2.05) is 31.2 Å². The van der Waals surface area contributed by atoms with Crippen molar-refractivity contribution in [1.29, 1.82) is 0 Å². The fourth-order valence-corrected chi connectivity index (χ4v) is 4.76. The fourth-order valence-electron chi connectivity index (χ4n) is 2.79. The lowest BCUT2D eigenvalue weighted by atomic mass is 10.1. The van der Waals surface area contributed by atoms with Crippen molar-refractivity contribution in [3.8, 4) is 5.75 Å². The van der Waals surface area contributed by atoms with Gasteiger partial charge < -0.3 is 4.74 Å². The number of hydrogen-bond donors (Lipinski definition) is 0. The molecule has 2 aromatic carbocycles. The van der Waals surface area contributed by atoms with Crippen molar-refractivity contribution in [1.82, 2.24) is 4.31 Å². The van der Waals surface area contributed by atoms with Crippen molar-refractivity contribution >= 4 is 21.6 Å². The van der Waals surface area contributed by atoms with Gasteiger partial charge in [0.15, 0.2) is 0 Å². The lowest BCUT2D eigenvalue weighted by Gasteiger charge is -2.31. The Kier molecular flexibility index (Phi) is 5.13. The van der Waals surface area contributed by atoms with Crippen LogP contribution in [0.25, 0.3) is 0 Å². The Morgan fingerprint density at radius 2 is 1.67 bits per heavy atom. The minimum atomic E-state index is -3.55. The summed E-state index contributed by atoms with van der Waals surface area (Å²) in [5.41, 5.74) is 1.18. The van der Waals surface area contributed by atoms with Crippen LogP contribution in [0.15, 0.2) is 53.4 Å². The average Bonchev–Trinajstić information content (AvgIpc) is 2.58. The predicted molar refractivity (Wildman–Crippen MR) is 95.0 cm³/mol. The number of ether oxygens (including phenoxy) is 1. The Morgan fingerprint density at radius 3 is 2.29 bits per heavy atom. The molecule has 1 aliphatic rings. The van der Waals surface area contributed by atoms with E-state index < -0.39 is 10.0 Å². The van der Waals surface area contributed by atoms with Gasteiger partial charge in [0, 0.05) is 13.1 Å². The standard InChI is InChI=1S/C18H20ClNO3S/c1-14-6-8-15(9-7-14)23-16-10-12-20(13-11-16)24(21,22)18-5-3-2-4-17(18)19/h2-9,16H,10-13H2,1H3. The Bertz CT molecular complexity index is 797. The number of rotatable bonds is 4. The van der Waals surface area contributed by atoms with E-state index in [4.69, 9.17) is 16.3 Å². The first-order valence-electron chi connectivity index (χ1n) is 7.95. The largest absolute Gasteiger partial charge is 0.490 e. The molecule has 6 heteroatoms. The van der Waals surface area contributed by atoms with Crippen LogP contribution in [0.2, 0.25) is 5.02 Å². The van der Waals surface area contributed by atoms with E-state index >= 15 is 0 Å². The molecule has 0 spiro atoms. The highest BCUT2D eigenvalue weighted by Gasteiger charge is 2.31. The second-order valence-electron chi connectivity index (χ2n) is 5.96. The summed E-state index contributed by atoms with van der Waals surface area (Å²) in [6, 6.07) is 14.5. The van der Waals surface area contributed by atoms with Crippen molar-refractivity contribution in [2.75, 3.05) is 13.1 Å². The summed E-state index contributed by atoms with van der Waals surface area (Å²) in [4.78, 5) is 0.171. The molecule has 2 aromatic rings. The molecule has 0 bridgehead atoms. The first kappa shape index (κ1) is 17.3. The third-order valence-corrected chi connectivity index (χ3v) is 6.58. The van der Waals surface area contributed by atoms with Gasteiger partial charge in [-0.05, 0) is 44.0 Å². The van der Waals surface area contributed by atoms with Gasteiger partial charge in [-0.15, -0.1) is 0 Å². The maximum atomic E-state index is 12.7. The number of hydrogen-bond acceptors (Lipinski definition) is 3. The molecule has 1 heterocycles. The Morgan fingerprint density at radius 1 is 1.04 bits per heavy atom. The fraction of sp³-hybridized carbons (Fsp3) is 0.333. The van der Waals surface area contributed by atoms with Crippen LogP contribution < -0.4 is 4.74 Å². The van der Waals surface area contributed by atoms with Gasteiger partial charge in [0.1, 0.15) is 16.7 Å². The smallest absolute Gasteiger partial charge is 0.244 e. The molecular formula is C18H20ClNO3S. The summed E-state index contributed by atoms with van der Waals surface area (Å²) >= 11 is 6.05. The van der Waals surface area contributed by atoms with Gasteiger partial charge in [-0.25, -0.2) is 8.42 Å². The number of sulfonamides is 1. The number of halogens is 1. The topological polar surface area (TPSA) is 46.6 Å². The molecule has 3 rings (SSSR count). The van der Waals surface area contributed by atoms with E-state index in [1.54, 1.807) is 24.3 Å². The lowest BCUT2D eigenvalue weighted by molar-refractivity contribution is 0.135. The van der Waals surface area contributed by atoms with E-state index in [2.05, 4.69) is 0 Å². The van der Waals surface area contributed by atoms with Gasteiger partial charge in [0.05, 0.1) is 5.02 Å². The lowest BCUT2D eigenvalue weighted by Crippen LogP contribution is -2.41. The SMILES string of the molecule is Cc1ccc(OC2CCN(S(=O)(=O)c3ccccc3Cl)CC2)cc1. The Labute approximate surface area is 148 Å². The number of nitrogens with zero attached hydrogens (tertiary/aromatic N) is 1. The van der Waals surface area contributed by atoms with Crippen LogP contribution in [0, 0.1) is 6.92 Å². The summed E-state index contributed by atoms with van der Waals surface area (Å²) in [6.45, 7) is 2.90. The van der Waals surface area contributed by atoms with Gasteiger partial charge >= 0.3 is 0 Å². The molecule has 128 valence electrons.